The van der Waals surface area contributed by atoms with Gasteiger partial charge in [-0.3, -0.25) is 4.79 Å². The van der Waals surface area contributed by atoms with Crippen LogP contribution in [0.2, 0.25) is 0 Å². The molecular weight excluding hydrogens is 276 g/mol. The van der Waals surface area contributed by atoms with Gasteiger partial charge < -0.3 is 14.9 Å². The second-order valence-corrected chi connectivity index (χ2v) is 6.71. The van der Waals surface area contributed by atoms with Gasteiger partial charge in [-0.05, 0) is 12.8 Å². The summed E-state index contributed by atoms with van der Waals surface area (Å²) in [5.74, 6) is 0.838. The van der Waals surface area contributed by atoms with Gasteiger partial charge in [-0.1, -0.05) is 19.3 Å². The lowest BCUT2D eigenvalue weighted by Gasteiger charge is -2.38. The molecule has 1 atom stereocenters. The highest BCUT2D eigenvalue weighted by atomic mass is 32.2. The Morgan fingerprint density at radius 1 is 1.05 bits per heavy atom. The van der Waals surface area contributed by atoms with Crippen LogP contribution in [0.3, 0.4) is 0 Å². The van der Waals surface area contributed by atoms with Crippen molar-refractivity contribution in [1.82, 2.24) is 9.80 Å². The van der Waals surface area contributed by atoms with Gasteiger partial charge in [0.15, 0.2) is 0 Å². The number of hydrogen-bond donors (Lipinski definition) is 1. The third kappa shape index (κ3) is 4.30. The Morgan fingerprint density at radius 2 is 1.70 bits per heavy atom. The lowest BCUT2D eigenvalue weighted by atomic mass is 10.1. The summed E-state index contributed by atoms with van der Waals surface area (Å²) >= 11 is 1.74. The number of nitrogens with zero attached hydrogens (tertiary/aromatic N) is 2. The van der Waals surface area contributed by atoms with Crippen LogP contribution in [0.5, 0.6) is 0 Å². The molecule has 1 N–H and O–H groups in total. The van der Waals surface area contributed by atoms with Crippen LogP contribution in [0.15, 0.2) is 0 Å². The number of likely N-dealkylation sites (tertiary alicyclic amines) is 1. The zero-order valence-corrected chi connectivity index (χ0v) is 12.7. The molecule has 0 spiro atoms. The molecule has 2 rings (SSSR count). The van der Waals surface area contributed by atoms with Crippen LogP contribution in [0, 0.1) is 0 Å². The zero-order valence-electron chi connectivity index (χ0n) is 11.9. The molecule has 1 unspecified atom stereocenters. The molecule has 2 amide bonds. The van der Waals surface area contributed by atoms with Crippen molar-refractivity contribution in [3.05, 3.63) is 0 Å². The number of amides is 2. The third-order valence-corrected chi connectivity index (χ3v) is 5.10. The van der Waals surface area contributed by atoms with E-state index in [2.05, 4.69) is 0 Å². The highest BCUT2D eigenvalue weighted by Crippen LogP contribution is 2.21. The van der Waals surface area contributed by atoms with E-state index in [-0.39, 0.29) is 18.5 Å². The van der Waals surface area contributed by atoms with Crippen molar-refractivity contribution < 1.29 is 14.7 Å². The molecular formula is C14H24N2O3S. The predicted octanol–water partition coefficient (Wildman–Crippen LogP) is 2.26. The number of carboxylic acids is 1. The third-order valence-electron chi connectivity index (χ3n) is 4.01. The fourth-order valence-corrected chi connectivity index (χ4v) is 3.96. The lowest BCUT2D eigenvalue weighted by Crippen LogP contribution is -2.53. The fraction of sp³-hybridized carbons (Fsp3) is 0.857. The van der Waals surface area contributed by atoms with E-state index < -0.39 is 5.97 Å². The Labute approximate surface area is 124 Å². The second kappa shape index (κ2) is 7.76. The summed E-state index contributed by atoms with van der Waals surface area (Å²) in [5, 5.41) is 9.00. The van der Waals surface area contributed by atoms with Crippen LogP contribution in [0.25, 0.3) is 0 Å². The molecule has 2 heterocycles. The molecule has 0 radical (unpaired) electrons. The maximum absolute atomic E-state index is 12.7. The van der Waals surface area contributed by atoms with Crippen molar-refractivity contribution in [2.45, 2.75) is 44.6 Å². The number of aliphatic carboxylic acids is 1. The van der Waals surface area contributed by atoms with Crippen LogP contribution >= 0.6 is 11.8 Å². The molecule has 0 aliphatic carbocycles. The maximum Gasteiger partial charge on any atom is 0.320 e. The molecule has 0 aromatic heterocycles. The maximum atomic E-state index is 12.7. The average molecular weight is 300 g/mol. The molecule has 6 heteroatoms. The number of carbonyl (C=O) groups excluding carboxylic acids is 1. The number of urea groups is 1. The number of thioether (sulfide) groups is 1. The van der Waals surface area contributed by atoms with Crippen molar-refractivity contribution in [2.24, 2.45) is 0 Å². The Bertz CT molecular complexity index is 343. The lowest BCUT2D eigenvalue weighted by molar-refractivity contribution is -0.138. The first kappa shape index (κ1) is 15.5. The average Bonchev–Trinajstić information content (AvgIpc) is 2.37. The second-order valence-electron chi connectivity index (χ2n) is 5.56. The van der Waals surface area contributed by atoms with E-state index >= 15 is 0 Å². The highest BCUT2D eigenvalue weighted by Gasteiger charge is 2.31. The Balaban J connectivity index is 1.98. The predicted molar refractivity (Wildman–Crippen MR) is 80.1 cm³/mol. The van der Waals surface area contributed by atoms with Crippen molar-refractivity contribution >= 4 is 23.8 Å². The van der Waals surface area contributed by atoms with E-state index in [0.29, 0.717) is 6.54 Å². The Kier molecular flexibility index (Phi) is 6.01. The van der Waals surface area contributed by atoms with Gasteiger partial charge in [-0.15, -0.1) is 0 Å². The molecule has 2 aliphatic rings. The van der Waals surface area contributed by atoms with Crippen LogP contribution in [0.4, 0.5) is 4.79 Å². The van der Waals surface area contributed by atoms with Gasteiger partial charge in [0.05, 0.1) is 12.5 Å². The topological polar surface area (TPSA) is 60.9 Å². The summed E-state index contributed by atoms with van der Waals surface area (Å²) in [7, 11) is 0. The van der Waals surface area contributed by atoms with Gasteiger partial charge in [0.1, 0.15) is 0 Å². The number of carbonyl (C=O) groups is 2. The first-order valence-electron chi connectivity index (χ1n) is 7.53. The van der Waals surface area contributed by atoms with Gasteiger partial charge in [0.2, 0.25) is 0 Å². The fourth-order valence-electron chi connectivity index (χ4n) is 2.90. The van der Waals surface area contributed by atoms with Gasteiger partial charge in [-0.25, -0.2) is 4.79 Å². The van der Waals surface area contributed by atoms with Gasteiger partial charge in [-0.2, -0.15) is 11.8 Å². The van der Waals surface area contributed by atoms with Crippen LogP contribution in [0.1, 0.15) is 38.5 Å². The van der Waals surface area contributed by atoms with Gasteiger partial charge in [0, 0.05) is 31.1 Å². The molecule has 2 saturated heterocycles. The molecule has 0 aromatic carbocycles. The molecule has 2 fully saturated rings. The summed E-state index contributed by atoms with van der Waals surface area (Å²) in [6, 6.07) is -0.0948. The molecule has 0 saturated carbocycles. The van der Waals surface area contributed by atoms with Crippen molar-refractivity contribution in [2.75, 3.05) is 31.1 Å². The Hall–Kier alpha value is -0.910. The minimum absolute atomic E-state index is 0.0541. The van der Waals surface area contributed by atoms with Crippen molar-refractivity contribution in [3.63, 3.8) is 0 Å². The summed E-state index contributed by atoms with van der Waals surface area (Å²) in [6.45, 7) is 2.32. The number of carboxylic acid groups (broad SMARTS) is 1. The summed E-state index contributed by atoms with van der Waals surface area (Å²) in [5.41, 5.74) is 0. The molecule has 0 aromatic rings. The molecule has 114 valence electrons. The SMILES string of the molecule is O=C(O)CC1CSCCN1C(=O)N1CCCCCCC1. The van der Waals surface area contributed by atoms with Gasteiger partial charge >= 0.3 is 12.0 Å². The zero-order chi connectivity index (χ0) is 14.4. The van der Waals surface area contributed by atoms with Crippen molar-refractivity contribution in [3.8, 4) is 0 Å². The quantitative estimate of drug-likeness (QED) is 0.850. The minimum atomic E-state index is -0.817. The normalized spacial score (nSPS) is 24.9. The monoisotopic (exact) mass is 300 g/mol. The minimum Gasteiger partial charge on any atom is -0.481 e. The largest absolute Gasteiger partial charge is 0.481 e. The van der Waals surface area contributed by atoms with E-state index in [1.807, 2.05) is 4.90 Å². The first-order valence-corrected chi connectivity index (χ1v) is 8.69. The molecule has 5 nitrogen and oxygen atoms in total. The van der Waals surface area contributed by atoms with Crippen LogP contribution in [-0.4, -0.2) is 64.1 Å². The van der Waals surface area contributed by atoms with E-state index in [1.54, 1.807) is 16.7 Å². The molecule has 0 bridgehead atoms. The number of rotatable bonds is 2. The van der Waals surface area contributed by atoms with Crippen LogP contribution in [-0.2, 0) is 4.79 Å². The highest BCUT2D eigenvalue weighted by molar-refractivity contribution is 7.99. The standard InChI is InChI=1S/C14H24N2O3S/c17-13(18)10-12-11-20-9-8-16(12)14(19)15-6-4-2-1-3-5-7-15/h12H,1-11H2,(H,17,18). The summed E-state index contributed by atoms with van der Waals surface area (Å²) < 4.78 is 0. The number of hydrogen-bond acceptors (Lipinski definition) is 3. The Morgan fingerprint density at radius 3 is 2.35 bits per heavy atom. The molecule has 2 aliphatic heterocycles. The van der Waals surface area contributed by atoms with E-state index in [9.17, 15) is 9.59 Å². The van der Waals surface area contributed by atoms with Gasteiger partial charge in [0.25, 0.3) is 0 Å². The summed E-state index contributed by atoms with van der Waals surface area (Å²) in [6.07, 6.45) is 5.85. The van der Waals surface area contributed by atoms with Crippen LogP contribution < -0.4 is 0 Å². The van der Waals surface area contributed by atoms with Crippen molar-refractivity contribution in [1.29, 1.82) is 0 Å². The van der Waals surface area contributed by atoms with E-state index in [4.69, 9.17) is 5.11 Å². The molecule has 20 heavy (non-hydrogen) atoms. The van der Waals surface area contributed by atoms with E-state index in [0.717, 1.165) is 37.4 Å². The van der Waals surface area contributed by atoms with E-state index in [1.165, 1.54) is 19.3 Å². The first-order chi connectivity index (χ1) is 9.68. The smallest absolute Gasteiger partial charge is 0.320 e. The summed E-state index contributed by atoms with van der Waals surface area (Å²) in [4.78, 5) is 27.3.